The summed E-state index contributed by atoms with van der Waals surface area (Å²) in [7, 11) is -0.690. The highest BCUT2D eigenvalue weighted by atomic mass is 32.2. The van der Waals surface area contributed by atoms with E-state index in [2.05, 4.69) is 66.7 Å². The zero-order valence-corrected chi connectivity index (χ0v) is 15.6. The Morgan fingerprint density at radius 1 is 0.704 bits per heavy atom. The van der Waals surface area contributed by atoms with E-state index in [9.17, 15) is 4.79 Å². The average molecular weight is 367 g/mol. The van der Waals surface area contributed by atoms with Crippen molar-refractivity contribution >= 4 is 21.1 Å². The molecule has 1 heterocycles. The van der Waals surface area contributed by atoms with Gasteiger partial charge in [0.1, 0.15) is 20.6 Å². The topological polar surface area (TPSA) is 17.1 Å². The lowest BCUT2D eigenvalue weighted by molar-refractivity contribution is 0.0969. The number of hydrogen-bond donors (Lipinski definition) is 0. The second-order valence-corrected chi connectivity index (χ2v) is 8.96. The van der Waals surface area contributed by atoms with E-state index >= 15 is 0 Å². The van der Waals surface area contributed by atoms with Crippen LogP contribution < -0.4 is 0 Å². The third kappa shape index (κ3) is 2.73. The molecule has 2 heteroatoms. The van der Waals surface area contributed by atoms with Crippen LogP contribution in [-0.4, -0.2) is 10.6 Å². The molecule has 5 rings (SSSR count). The van der Waals surface area contributed by atoms with Gasteiger partial charge in [0.15, 0.2) is 5.78 Å². The normalized spacial score (nSPS) is 20.3. The van der Waals surface area contributed by atoms with Crippen molar-refractivity contribution in [1.29, 1.82) is 0 Å². The Kier molecular flexibility index (Phi) is 3.99. The highest BCUT2D eigenvalue weighted by Gasteiger charge is 2.37. The summed E-state index contributed by atoms with van der Waals surface area (Å²) in [6.07, 6.45) is 8.24. The van der Waals surface area contributed by atoms with Crippen LogP contribution in [0.15, 0.2) is 113 Å². The number of fused-ring (bicyclic) bond motifs is 2. The molecule has 0 bridgehead atoms. The molecule has 27 heavy (non-hydrogen) atoms. The van der Waals surface area contributed by atoms with Crippen LogP contribution in [0.5, 0.6) is 0 Å². The van der Waals surface area contributed by atoms with Crippen molar-refractivity contribution in [3.63, 3.8) is 0 Å². The molecule has 130 valence electrons. The van der Waals surface area contributed by atoms with Crippen molar-refractivity contribution in [2.24, 2.45) is 5.92 Å². The van der Waals surface area contributed by atoms with Crippen molar-refractivity contribution in [2.45, 2.75) is 9.79 Å². The average Bonchev–Trinajstić information content (AvgIpc) is 2.75. The van der Waals surface area contributed by atoms with E-state index in [-0.39, 0.29) is 11.7 Å². The predicted octanol–water partition coefficient (Wildman–Crippen LogP) is 5.23. The quantitative estimate of drug-likeness (QED) is 0.344. The summed E-state index contributed by atoms with van der Waals surface area (Å²) in [5.41, 5.74) is 3.32. The lowest BCUT2D eigenvalue weighted by atomic mass is 9.91. The molecule has 0 N–H and O–H groups in total. The number of Topliss-reactive ketones (excluding diaryl/α,β-unsaturated/α-hetero) is 1. The standard InChI is InChI=1S/C25H18OS/c26-25-21-10-4-6-12-23(21)27(24-13-7-5-11-22(24)25)20-16-14-19(15-17-20)18-8-2-1-3-9-18/h1-17,21H/p+1. The van der Waals surface area contributed by atoms with Crippen LogP contribution in [0.25, 0.3) is 11.1 Å². The van der Waals surface area contributed by atoms with Crippen LogP contribution in [0.3, 0.4) is 0 Å². The minimum Gasteiger partial charge on any atom is -0.293 e. The Labute approximate surface area is 161 Å². The van der Waals surface area contributed by atoms with Crippen molar-refractivity contribution in [3.8, 4) is 11.1 Å². The fourth-order valence-electron chi connectivity index (χ4n) is 3.87. The van der Waals surface area contributed by atoms with Gasteiger partial charge >= 0.3 is 0 Å². The number of carbonyl (C=O) groups excluding carboxylic acids is 1. The Bertz CT molecular complexity index is 1120. The number of allylic oxidation sites excluding steroid dienone is 4. The van der Waals surface area contributed by atoms with Gasteiger partial charge in [0.2, 0.25) is 0 Å². The van der Waals surface area contributed by atoms with Crippen LogP contribution >= 0.6 is 0 Å². The summed E-state index contributed by atoms with van der Waals surface area (Å²) >= 11 is 0. The molecule has 0 aromatic heterocycles. The molecule has 0 radical (unpaired) electrons. The summed E-state index contributed by atoms with van der Waals surface area (Å²) in [6.45, 7) is 0. The third-order valence-corrected chi connectivity index (χ3v) is 7.81. The predicted molar refractivity (Wildman–Crippen MR) is 115 cm³/mol. The first-order chi connectivity index (χ1) is 13.3. The lowest BCUT2D eigenvalue weighted by Gasteiger charge is -2.23. The van der Waals surface area contributed by atoms with Gasteiger partial charge in [-0.15, -0.1) is 0 Å². The van der Waals surface area contributed by atoms with Crippen LogP contribution in [-0.2, 0) is 10.5 Å². The smallest absolute Gasteiger partial charge is 0.183 e. The van der Waals surface area contributed by atoms with E-state index in [1.54, 1.807) is 0 Å². The van der Waals surface area contributed by atoms with Crippen LogP contribution in [0.2, 0.25) is 0 Å². The first-order valence-corrected chi connectivity index (χ1v) is 10.5. The Morgan fingerprint density at radius 2 is 1.41 bits per heavy atom. The largest absolute Gasteiger partial charge is 0.293 e. The van der Waals surface area contributed by atoms with E-state index in [0.29, 0.717) is 0 Å². The minimum absolute atomic E-state index is 0.121. The molecule has 0 spiro atoms. The molecule has 1 aliphatic heterocycles. The number of hydrogen-bond acceptors (Lipinski definition) is 1. The monoisotopic (exact) mass is 367 g/mol. The maximum atomic E-state index is 13.0. The Balaban J connectivity index is 1.67. The second kappa shape index (κ2) is 6.64. The zero-order valence-electron chi connectivity index (χ0n) is 14.7. The van der Waals surface area contributed by atoms with Gasteiger partial charge in [-0.3, -0.25) is 4.79 Å². The number of benzene rings is 3. The molecule has 1 nitrogen and oxygen atoms in total. The molecule has 2 unspecified atom stereocenters. The minimum atomic E-state index is -0.690. The molecule has 0 fully saturated rings. The van der Waals surface area contributed by atoms with E-state index < -0.39 is 10.5 Å². The first-order valence-electron chi connectivity index (χ1n) is 9.13. The zero-order chi connectivity index (χ0) is 18.2. The molecule has 2 atom stereocenters. The van der Waals surface area contributed by atoms with Gasteiger partial charge in [0.05, 0.1) is 5.56 Å². The molecule has 3 aromatic rings. The maximum Gasteiger partial charge on any atom is 0.183 e. The van der Waals surface area contributed by atoms with Crippen molar-refractivity contribution < 1.29 is 4.79 Å². The molecular weight excluding hydrogens is 348 g/mol. The van der Waals surface area contributed by atoms with Crippen molar-refractivity contribution in [3.05, 3.63) is 109 Å². The van der Waals surface area contributed by atoms with E-state index in [1.165, 1.54) is 25.8 Å². The summed E-state index contributed by atoms with van der Waals surface area (Å²) in [6, 6.07) is 27.4. The number of rotatable bonds is 2. The third-order valence-electron chi connectivity index (χ3n) is 5.18. The molecule has 1 aliphatic carbocycles. The van der Waals surface area contributed by atoms with Gasteiger partial charge < -0.3 is 0 Å². The number of thiol groups is 1. The van der Waals surface area contributed by atoms with Crippen molar-refractivity contribution in [1.82, 2.24) is 0 Å². The highest BCUT2D eigenvalue weighted by Crippen LogP contribution is 2.33. The van der Waals surface area contributed by atoms with Gasteiger partial charge in [0.25, 0.3) is 0 Å². The van der Waals surface area contributed by atoms with Gasteiger partial charge in [-0.05, 0) is 53.6 Å². The molecule has 3 aromatic carbocycles. The van der Waals surface area contributed by atoms with Gasteiger partial charge in [-0.1, -0.05) is 71.2 Å². The van der Waals surface area contributed by atoms with E-state index in [0.717, 1.165) is 5.56 Å². The number of carbonyl (C=O) groups is 1. The first kappa shape index (κ1) is 16.2. The van der Waals surface area contributed by atoms with E-state index in [4.69, 9.17) is 0 Å². The second-order valence-electron chi connectivity index (χ2n) is 6.78. The van der Waals surface area contributed by atoms with E-state index in [1.807, 2.05) is 36.4 Å². The van der Waals surface area contributed by atoms with Crippen LogP contribution in [0.1, 0.15) is 10.4 Å². The van der Waals surface area contributed by atoms with Gasteiger partial charge in [0, 0.05) is 0 Å². The summed E-state index contributed by atoms with van der Waals surface area (Å²) in [4.78, 5) is 16.7. The van der Waals surface area contributed by atoms with Crippen LogP contribution in [0, 0.1) is 5.92 Å². The summed E-state index contributed by atoms with van der Waals surface area (Å²) < 4.78 is 0. The fraction of sp³-hybridized carbons (Fsp3) is 0.0400. The number of ketones is 1. The molecule has 0 amide bonds. The summed E-state index contributed by atoms with van der Waals surface area (Å²) in [5.74, 6) is 0.102. The van der Waals surface area contributed by atoms with Crippen molar-refractivity contribution in [2.75, 3.05) is 0 Å². The molecular formula is C25H19OS+. The Morgan fingerprint density at radius 3 is 2.22 bits per heavy atom. The van der Waals surface area contributed by atoms with Crippen LogP contribution in [0.4, 0.5) is 0 Å². The highest BCUT2D eigenvalue weighted by molar-refractivity contribution is 7.97. The summed E-state index contributed by atoms with van der Waals surface area (Å²) in [5, 5.41) is 0. The molecule has 2 aliphatic rings. The Hall–Kier alpha value is -2.97. The van der Waals surface area contributed by atoms with Gasteiger partial charge in [-0.2, -0.15) is 0 Å². The SMILES string of the molecule is O=C1c2ccccc2[SH+](c2ccc(-c3ccccc3)cc2)=C2C=CC=CC12. The lowest BCUT2D eigenvalue weighted by Crippen LogP contribution is -2.31. The maximum absolute atomic E-state index is 13.0. The molecule has 0 saturated heterocycles. The molecule has 0 saturated carbocycles. The fourth-order valence-corrected chi connectivity index (χ4v) is 6.55. The van der Waals surface area contributed by atoms with Gasteiger partial charge in [-0.25, -0.2) is 0 Å².